The molecule has 78 valence electrons. The van der Waals surface area contributed by atoms with Crippen molar-refractivity contribution in [3.63, 3.8) is 0 Å². The first-order chi connectivity index (χ1) is 6.45. The average molecular weight is 268 g/mol. The molecule has 1 rings (SSSR count). The van der Waals surface area contributed by atoms with E-state index in [9.17, 15) is 13.2 Å². The quantitative estimate of drug-likeness (QED) is 0.876. The van der Waals surface area contributed by atoms with Crippen LogP contribution in [0.4, 0.5) is 13.2 Å². The molecule has 5 heteroatoms. The molecular weight excluding hydrogens is 259 g/mol. The normalized spacial score (nSPS) is 11.8. The largest absolute Gasteiger partial charge is 0.416 e. The van der Waals surface area contributed by atoms with Crippen LogP contribution in [-0.4, -0.2) is 6.54 Å². The van der Waals surface area contributed by atoms with Crippen molar-refractivity contribution < 1.29 is 13.2 Å². The molecule has 0 radical (unpaired) electrons. The van der Waals surface area contributed by atoms with E-state index in [4.69, 9.17) is 5.73 Å². The van der Waals surface area contributed by atoms with E-state index in [0.717, 1.165) is 17.7 Å². The Morgan fingerprint density at radius 1 is 1.29 bits per heavy atom. The summed E-state index contributed by atoms with van der Waals surface area (Å²) in [5.41, 5.74) is 5.45. The molecule has 1 aromatic carbocycles. The monoisotopic (exact) mass is 267 g/mol. The minimum Gasteiger partial charge on any atom is -0.330 e. The van der Waals surface area contributed by atoms with Crippen molar-refractivity contribution in [2.75, 3.05) is 6.54 Å². The molecule has 0 fully saturated rings. The van der Waals surface area contributed by atoms with Gasteiger partial charge in [0.2, 0.25) is 0 Å². The van der Waals surface area contributed by atoms with Crippen molar-refractivity contribution in [1.82, 2.24) is 0 Å². The highest BCUT2D eigenvalue weighted by molar-refractivity contribution is 9.10. The van der Waals surface area contributed by atoms with E-state index < -0.39 is 11.7 Å². The molecule has 0 spiro atoms. The van der Waals surface area contributed by atoms with Crippen LogP contribution in [0.25, 0.3) is 0 Å². The van der Waals surface area contributed by atoms with Gasteiger partial charge >= 0.3 is 6.18 Å². The van der Waals surface area contributed by atoms with Gasteiger partial charge in [0, 0.05) is 4.47 Å². The van der Waals surface area contributed by atoms with Crippen LogP contribution >= 0.6 is 15.9 Å². The van der Waals surface area contributed by atoms with Gasteiger partial charge in [0.1, 0.15) is 0 Å². The van der Waals surface area contributed by atoms with Crippen molar-refractivity contribution in [1.29, 1.82) is 0 Å². The van der Waals surface area contributed by atoms with E-state index >= 15 is 0 Å². The van der Waals surface area contributed by atoms with Gasteiger partial charge in [-0.1, -0.05) is 22.0 Å². The molecule has 0 saturated heterocycles. The van der Waals surface area contributed by atoms with E-state index in [2.05, 4.69) is 15.9 Å². The fourth-order valence-electron chi connectivity index (χ4n) is 1.08. The van der Waals surface area contributed by atoms with Crippen molar-refractivity contribution in [2.45, 2.75) is 12.6 Å². The zero-order valence-corrected chi connectivity index (χ0v) is 8.82. The summed E-state index contributed by atoms with van der Waals surface area (Å²) in [5.74, 6) is 0. The van der Waals surface area contributed by atoms with Crippen LogP contribution in [0.1, 0.15) is 11.1 Å². The molecule has 0 heterocycles. The Hall–Kier alpha value is -0.550. The highest BCUT2D eigenvalue weighted by Crippen LogP contribution is 2.32. The summed E-state index contributed by atoms with van der Waals surface area (Å²) < 4.78 is 37.2. The van der Waals surface area contributed by atoms with Crippen LogP contribution in [0.2, 0.25) is 0 Å². The van der Waals surface area contributed by atoms with Gasteiger partial charge in [-0.05, 0) is 30.7 Å². The molecule has 0 aliphatic rings. The third-order valence-corrected chi connectivity index (χ3v) is 2.53. The van der Waals surface area contributed by atoms with Gasteiger partial charge in [0.25, 0.3) is 0 Å². The van der Waals surface area contributed by atoms with Gasteiger partial charge in [-0.2, -0.15) is 13.2 Å². The second kappa shape index (κ2) is 4.31. The third-order valence-electron chi connectivity index (χ3n) is 1.79. The number of hydrogen-bond acceptors (Lipinski definition) is 1. The Labute approximate surface area is 88.2 Å². The SMILES string of the molecule is NCCc1ccc(C(F)(F)F)cc1Br. The van der Waals surface area contributed by atoms with Crippen LogP contribution in [0.5, 0.6) is 0 Å². The van der Waals surface area contributed by atoms with Gasteiger partial charge in [0.05, 0.1) is 5.56 Å². The summed E-state index contributed by atoms with van der Waals surface area (Å²) in [6.45, 7) is 0.421. The average Bonchev–Trinajstić information content (AvgIpc) is 2.07. The van der Waals surface area contributed by atoms with Crippen LogP contribution < -0.4 is 5.73 Å². The molecule has 0 amide bonds. The molecule has 0 unspecified atom stereocenters. The van der Waals surface area contributed by atoms with Gasteiger partial charge in [-0.25, -0.2) is 0 Å². The molecule has 0 atom stereocenters. The summed E-state index contributed by atoms with van der Waals surface area (Å²) in [5, 5.41) is 0. The standard InChI is InChI=1S/C9H9BrF3N/c10-8-5-7(9(11,12)13)2-1-6(8)3-4-14/h1-2,5H,3-4,14H2. The van der Waals surface area contributed by atoms with Crippen LogP contribution in [-0.2, 0) is 12.6 Å². The minimum atomic E-state index is -4.29. The second-order valence-corrected chi connectivity index (χ2v) is 3.70. The first-order valence-electron chi connectivity index (χ1n) is 4.01. The van der Waals surface area contributed by atoms with Gasteiger partial charge in [-0.3, -0.25) is 0 Å². The molecule has 14 heavy (non-hydrogen) atoms. The van der Waals surface area contributed by atoms with Crippen molar-refractivity contribution in [3.05, 3.63) is 33.8 Å². The predicted molar refractivity (Wildman–Crippen MR) is 51.9 cm³/mol. The Bertz CT molecular complexity index is 322. The smallest absolute Gasteiger partial charge is 0.330 e. The lowest BCUT2D eigenvalue weighted by Gasteiger charge is -2.09. The number of alkyl halides is 3. The van der Waals surface area contributed by atoms with Crippen LogP contribution in [0, 0.1) is 0 Å². The van der Waals surface area contributed by atoms with Crippen molar-refractivity contribution in [2.24, 2.45) is 5.73 Å². The zero-order valence-electron chi connectivity index (χ0n) is 7.24. The molecule has 0 aromatic heterocycles. The van der Waals surface area contributed by atoms with Crippen LogP contribution in [0.15, 0.2) is 22.7 Å². The summed E-state index contributed by atoms with van der Waals surface area (Å²) in [6.07, 6.45) is -3.72. The lowest BCUT2D eigenvalue weighted by Crippen LogP contribution is -2.07. The second-order valence-electron chi connectivity index (χ2n) is 2.84. The number of halogens is 4. The molecule has 1 aromatic rings. The Balaban J connectivity index is 3.01. The van der Waals surface area contributed by atoms with E-state index in [0.29, 0.717) is 17.4 Å². The summed E-state index contributed by atoms with van der Waals surface area (Å²) >= 11 is 3.09. The molecule has 0 saturated carbocycles. The summed E-state index contributed by atoms with van der Waals surface area (Å²) in [6, 6.07) is 3.58. The lowest BCUT2D eigenvalue weighted by molar-refractivity contribution is -0.137. The molecule has 1 nitrogen and oxygen atoms in total. The lowest BCUT2D eigenvalue weighted by atomic mass is 10.1. The third kappa shape index (κ3) is 2.72. The predicted octanol–water partition coefficient (Wildman–Crippen LogP) is 2.97. The molecule has 0 bridgehead atoms. The van der Waals surface area contributed by atoms with Crippen molar-refractivity contribution in [3.8, 4) is 0 Å². The van der Waals surface area contributed by atoms with E-state index in [1.54, 1.807) is 0 Å². The maximum atomic E-state index is 12.2. The number of hydrogen-bond donors (Lipinski definition) is 1. The van der Waals surface area contributed by atoms with E-state index in [1.807, 2.05) is 0 Å². The fraction of sp³-hybridized carbons (Fsp3) is 0.333. The Kier molecular flexibility index (Phi) is 3.55. The van der Waals surface area contributed by atoms with E-state index in [-0.39, 0.29) is 0 Å². The Morgan fingerprint density at radius 2 is 1.93 bits per heavy atom. The topological polar surface area (TPSA) is 26.0 Å². The molecule has 2 N–H and O–H groups in total. The summed E-state index contributed by atoms with van der Waals surface area (Å²) in [4.78, 5) is 0. The molecular formula is C9H9BrF3N. The van der Waals surface area contributed by atoms with E-state index in [1.165, 1.54) is 6.07 Å². The maximum absolute atomic E-state index is 12.2. The fourth-order valence-corrected chi connectivity index (χ4v) is 1.66. The van der Waals surface area contributed by atoms with Crippen LogP contribution in [0.3, 0.4) is 0 Å². The first-order valence-corrected chi connectivity index (χ1v) is 4.80. The van der Waals surface area contributed by atoms with Gasteiger partial charge in [0.15, 0.2) is 0 Å². The number of nitrogens with two attached hydrogens (primary N) is 1. The zero-order chi connectivity index (χ0) is 10.8. The van der Waals surface area contributed by atoms with Crippen molar-refractivity contribution >= 4 is 15.9 Å². The molecule has 0 aliphatic carbocycles. The maximum Gasteiger partial charge on any atom is 0.416 e. The minimum absolute atomic E-state index is 0.421. The van der Waals surface area contributed by atoms with Gasteiger partial charge < -0.3 is 5.73 Å². The molecule has 0 aliphatic heterocycles. The highest BCUT2D eigenvalue weighted by atomic mass is 79.9. The highest BCUT2D eigenvalue weighted by Gasteiger charge is 2.30. The van der Waals surface area contributed by atoms with Gasteiger partial charge in [-0.15, -0.1) is 0 Å². The summed E-state index contributed by atoms with van der Waals surface area (Å²) in [7, 11) is 0. The first kappa shape index (κ1) is 11.5. The number of rotatable bonds is 2. The number of benzene rings is 1. The Morgan fingerprint density at radius 3 is 2.36 bits per heavy atom.